The van der Waals surface area contributed by atoms with Crippen molar-refractivity contribution in [3.8, 4) is 22.4 Å². The highest BCUT2D eigenvalue weighted by atomic mass is 19.1. The molecule has 0 amide bonds. The number of alkyl halides is 2. The molecule has 0 unspecified atom stereocenters. The zero-order chi connectivity index (χ0) is 24.8. The van der Waals surface area contributed by atoms with Gasteiger partial charge in [0.05, 0.1) is 12.1 Å². The molecule has 0 fully saturated rings. The topological polar surface area (TPSA) is 8.24 Å². The van der Waals surface area contributed by atoms with E-state index in [1.54, 1.807) is 18.2 Å². The Morgan fingerprint density at radius 3 is 2.06 bits per heavy atom. The van der Waals surface area contributed by atoms with E-state index in [-0.39, 0.29) is 0 Å². The van der Waals surface area contributed by atoms with Crippen molar-refractivity contribution >= 4 is 16.5 Å². The van der Waals surface area contributed by atoms with Crippen molar-refractivity contribution in [1.82, 2.24) is 0 Å². The number of hydrogen-bond donors (Lipinski definition) is 0. The highest BCUT2D eigenvalue weighted by molar-refractivity contribution is 5.99. The predicted octanol–water partition coefficient (Wildman–Crippen LogP) is 8.27. The largest absolute Gasteiger partial charge is 0.239 e. The summed E-state index contributed by atoms with van der Waals surface area (Å²) in [6, 6.07) is 18.9. The second-order valence-corrected chi connectivity index (χ2v) is 9.86. The van der Waals surface area contributed by atoms with Gasteiger partial charge >= 0.3 is 0 Å². The second-order valence-electron chi connectivity index (χ2n) is 9.86. The molecule has 1 heterocycles. The number of halogens is 2. The minimum atomic E-state index is -1.64. The molecular weight excluding hydrogens is 426 g/mol. The number of aromatic nitrogens is 1. The van der Waals surface area contributed by atoms with E-state index >= 15 is 8.78 Å². The van der Waals surface area contributed by atoms with E-state index in [0.29, 0.717) is 22.4 Å². The number of benzene rings is 3. The summed E-state index contributed by atoms with van der Waals surface area (Å²) in [4.78, 5) is 3.56. The second kappa shape index (κ2) is 8.33. The molecule has 0 aliphatic heterocycles. The van der Waals surface area contributed by atoms with E-state index in [9.17, 15) is 0 Å². The molecule has 0 radical (unpaired) electrons. The zero-order valence-corrected chi connectivity index (χ0v) is 20.5. The Balaban J connectivity index is 2.05. The highest BCUT2D eigenvalue weighted by Gasteiger charge is 2.31. The fourth-order valence-electron chi connectivity index (χ4n) is 4.66. The molecule has 4 heteroatoms. The summed E-state index contributed by atoms with van der Waals surface area (Å²) in [7, 11) is 1.97. The van der Waals surface area contributed by atoms with Crippen LogP contribution in [0.2, 0.25) is 0 Å². The van der Waals surface area contributed by atoms with Gasteiger partial charge in [-0.15, -0.1) is 0 Å². The quantitative estimate of drug-likeness (QED) is 0.216. The van der Waals surface area contributed by atoms with Crippen molar-refractivity contribution < 1.29 is 13.3 Å². The van der Waals surface area contributed by atoms with E-state index in [4.69, 9.17) is 6.57 Å². The monoisotopic (exact) mass is 455 g/mol. The molecule has 3 aromatic carbocycles. The maximum Gasteiger partial charge on any atom is 0.213 e. The Hall–Kier alpha value is -3.58. The number of pyridine rings is 1. The van der Waals surface area contributed by atoms with Crippen LogP contribution in [-0.2, 0) is 18.4 Å². The number of aryl methyl sites for hydroxylation is 2. The Labute approximate surface area is 200 Å². The first-order chi connectivity index (χ1) is 15.9. The Morgan fingerprint density at radius 2 is 1.47 bits per heavy atom. The minimum Gasteiger partial charge on any atom is -0.239 e. The van der Waals surface area contributed by atoms with Gasteiger partial charge in [-0.3, -0.25) is 0 Å². The van der Waals surface area contributed by atoms with Gasteiger partial charge in [0.2, 0.25) is 5.69 Å². The summed E-state index contributed by atoms with van der Waals surface area (Å²) in [5.41, 5.74) is 2.67. The summed E-state index contributed by atoms with van der Waals surface area (Å²) in [5.74, 6) is 0. The van der Waals surface area contributed by atoms with Gasteiger partial charge < -0.3 is 0 Å². The average molecular weight is 456 g/mol. The van der Waals surface area contributed by atoms with Crippen LogP contribution in [0, 0.1) is 13.5 Å². The predicted molar refractivity (Wildman–Crippen MR) is 135 cm³/mol. The van der Waals surface area contributed by atoms with Gasteiger partial charge in [-0.2, -0.15) is 0 Å². The standard InChI is InChI=1S/C30H29F2N2/c1-19-11-12-20-17-22(33-6)13-14-23(20)27(19)26-18-21(15-16-34(26)7)28-24(29(2,3)31)9-8-10-25(28)30(4,5)32/h8-18H,1-5,7H3/q+1. The SMILES string of the molecule is [C-]#[N+]c1ccc2c(-c3cc(-c4c(C(C)(C)F)cccc4C(C)(C)F)cc[n+]3C)c(C)ccc2c1. The normalized spacial score (nSPS) is 12.1. The van der Waals surface area contributed by atoms with Crippen LogP contribution in [0.3, 0.4) is 0 Å². The van der Waals surface area contributed by atoms with Crippen molar-refractivity contribution in [3.05, 3.63) is 95.0 Å². The van der Waals surface area contributed by atoms with Gasteiger partial charge in [0, 0.05) is 12.1 Å². The smallest absolute Gasteiger partial charge is 0.213 e. The molecule has 0 spiro atoms. The van der Waals surface area contributed by atoms with E-state index in [1.807, 2.05) is 60.3 Å². The van der Waals surface area contributed by atoms with Crippen LogP contribution in [0.25, 0.3) is 38.0 Å². The van der Waals surface area contributed by atoms with Crippen LogP contribution in [-0.4, -0.2) is 0 Å². The van der Waals surface area contributed by atoms with E-state index in [2.05, 4.69) is 11.8 Å². The molecule has 1 aromatic heterocycles. The van der Waals surface area contributed by atoms with Crippen LogP contribution in [0.4, 0.5) is 14.5 Å². The number of nitrogens with zero attached hydrogens (tertiary/aromatic N) is 2. The first kappa shape index (κ1) is 23.6. The third kappa shape index (κ3) is 4.19. The molecule has 0 saturated heterocycles. The van der Waals surface area contributed by atoms with Gasteiger partial charge in [0.25, 0.3) is 0 Å². The minimum absolute atomic E-state index is 0.465. The molecule has 4 aromatic rings. The van der Waals surface area contributed by atoms with Crippen LogP contribution in [0.1, 0.15) is 44.4 Å². The van der Waals surface area contributed by atoms with Crippen molar-refractivity contribution in [3.63, 3.8) is 0 Å². The lowest BCUT2D eigenvalue weighted by Gasteiger charge is -2.26. The molecule has 0 atom stereocenters. The summed E-state index contributed by atoms with van der Waals surface area (Å²) in [6.07, 6.45) is 1.94. The van der Waals surface area contributed by atoms with Crippen molar-refractivity contribution in [2.45, 2.75) is 46.0 Å². The van der Waals surface area contributed by atoms with E-state index in [1.165, 1.54) is 27.7 Å². The van der Waals surface area contributed by atoms with Gasteiger partial charge in [-0.25, -0.2) is 18.2 Å². The fraction of sp³-hybridized carbons (Fsp3) is 0.267. The molecule has 0 bridgehead atoms. The number of hydrogen-bond acceptors (Lipinski definition) is 0. The highest BCUT2D eigenvalue weighted by Crippen LogP contribution is 2.42. The average Bonchev–Trinajstić information content (AvgIpc) is 2.78. The molecule has 4 rings (SSSR count). The third-order valence-corrected chi connectivity index (χ3v) is 6.38. The summed E-state index contributed by atoms with van der Waals surface area (Å²) >= 11 is 0. The molecule has 0 saturated carbocycles. The van der Waals surface area contributed by atoms with Crippen LogP contribution in [0.15, 0.2) is 66.9 Å². The molecular formula is C30H29F2N2+. The van der Waals surface area contributed by atoms with Crippen molar-refractivity contribution in [2.24, 2.45) is 7.05 Å². The maximum atomic E-state index is 15.3. The van der Waals surface area contributed by atoms with Gasteiger partial charge in [0.15, 0.2) is 11.9 Å². The summed E-state index contributed by atoms with van der Waals surface area (Å²) in [6.45, 7) is 15.4. The first-order valence-corrected chi connectivity index (χ1v) is 11.3. The molecule has 172 valence electrons. The van der Waals surface area contributed by atoms with Gasteiger partial charge in [-0.1, -0.05) is 42.5 Å². The van der Waals surface area contributed by atoms with E-state index < -0.39 is 11.3 Å². The van der Waals surface area contributed by atoms with Crippen molar-refractivity contribution in [2.75, 3.05) is 0 Å². The number of fused-ring (bicyclic) bond motifs is 1. The Morgan fingerprint density at radius 1 is 0.824 bits per heavy atom. The van der Waals surface area contributed by atoms with Crippen LogP contribution >= 0.6 is 0 Å². The maximum absolute atomic E-state index is 15.3. The van der Waals surface area contributed by atoms with Gasteiger partial charge in [0.1, 0.15) is 18.4 Å². The Kier molecular flexibility index (Phi) is 5.77. The lowest BCUT2D eigenvalue weighted by Crippen LogP contribution is -2.30. The lowest BCUT2D eigenvalue weighted by molar-refractivity contribution is -0.660. The third-order valence-electron chi connectivity index (χ3n) is 6.38. The number of rotatable bonds is 4. The molecule has 0 aliphatic carbocycles. The lowest BCUT2D eigenvalue weighted by atomic mass is 9.82. The molecule has 34 heavy (non-hydrogen) atoms. The fourth-order valence-corrected chi connectivity index (χ4v) is 4.66. The summed E-state index contributed by atoms with van der Waals surface area (Å²) < 4.78 is 32.7. The molecule has 2 nitrogen and oxygen atoms in total. The van der Waals surface area contributed by atoms with Crippen LogP contribution < -0.4 is 4.57 Å². The van der Waals surface area contributed by atoms with Gasteiger partial charge in [-0.05, 0) is 79.3 Å². The summed E-state index contributed by atoms with van der Waals surface area (Å²) in [5, 5.41) is 2.01. The first-order valence-electron chi connectivity index (χ1n) is 11.3. The molecule has 0 aliphatic rings. The van der Waals surface area contributed by atoms with Crippen LogP contribution in [0.5, 0.6) is 0 Å². The Bertz CT molecular complexity index is 1420. The van der Waals surface area contributed by atoms with Crippen molar-refractivity contribution in [1.29, 1.82) is 0 Å². The van der Waals surface area contributed by atoms with E-state index in [0.717, 1.165) is 33.2 Å². The molecule has 0 N–H and O–H groups in total. The zero-order valence-electron chi connectivity index (χ0n) is 20.5.